The van der Waals surface area contributed by atoms with Crippen LogP contribution in [0.2, 0.25) is 0 Å². The van der Waals surface area contributed by atoms with E-state index in [1.54, 1.807) is 14.2 Å². The zero-order valence-electron chi connectivity index (χ0n) is 16.1. The molecule has 0 aliphatic rings. The molecule has 0 saturated heterocycles. The maximum atomic E-state index is 5.69. The van der Waals surface area contributed by atoms with Crippen LogP contribution in [0.3, 0.4) is 0 Å². The standard InChI is InChI=1S/C21H29N3O2.HI/c1-22-21(24-16-14-18-10-6-7-13-20(18)25-2)23-15-8-9-17-26-19-11-4-3-5-12-19;/h3-7,10-13H,8-9,14-17H2,1-2H3,(H2,22,23,24);1H. The molecule has 0 unspecified atom stereocenters. The van der Waals surface area contributed by atoms with E-state index >= 15 is 0 Å². The quantitative estimate of drug-likeness (QED) is 0.233. The van der Waals surface area contributed by atoms with E-state index in [4.69, 9.17) is 9.47 Å². The summed E-state index contributed by atoms with van der Waals surface area (Å²) in [5, 5.41) is 6.67. The first-order valence-electron chi connectivity index (χ1n) is 9.07. The van der Waals surface area contributed by atoms with E-state index in [1.165, 1.54) is 5.56 Å². The van der Waals surface area contributed by atoms with Gasteiger partial charge in [-0.25, -0.2) is 0 Å². The van der Waals surface area contributed by atoms with E-state index in [1.807, 2.05) is 48.5 Å². The highest BCUT2D eigenvalue weighted by molar-refractivity contribution is 14.0. The number of nitrogens with one attached hydrogen (secondary N) is 2. The summed E-state index contributed by atoms with van der Waals surface area (Å²) in [6.45, 7) is 2.40. The predicted molar refractivity (Wildman–Crippen MR) is 123 cm³/mol. The number of rotatable bonds is 10. The summed E-state index contributed by atoms with van der Waals surface area (Å²) in [7, 11) is 3.49. The molecule has 0 heterocycles. The number of nitrogens with zero attached hydrogens (tertiary/aromatic N) is 1. The average Bonchev–Trinajstić information content (AvgIpc) is 2.70. The smallest absolute Gasteiger partial charge is 0.190 e. The van der Waals surface area contributed by atoms with Crippen LogP contribution in [0.4, 0.5) is 0 Å². The molecule has 0 aliphatic heterocycles. The van der Waals surface area contributed by atoms with E-state index in [0.717, 1.165) is 56.4 Å². The Balaban J connectivity index is 0.00000364. The SMILES string of the molecule is CN=C(NCCCCOc1ccccc1)NCCc1ccccc1OC.I. The highest BCUT2D eigenvalue weighted by Crippen LogP contribution is 2.17. The van der Waals surface area contributed by atoms with Gasteiger partial charge in [-0.1, -0.05) is 36.4 Å². The molecule has 0 atom stereocenters. The van der Waals surface area contributed by atoms with Crippen LogP contribution < -0.4 is 20.1 Å². The molecule has 27 heavy (non-hydrogen) atoms. The van der Waals surface area contributed by atoms with Crippen LogP contribution in [-0.2, 0) is 6.42 Å². The Kier molecular flexibility index (Phi) is 12.1. The fourth-order valence-electron chi connectivity index (χ4n) is 2.59. The summed E-state index contributed by atoms with van der Waals surface area (Å²) in [5.74, 6) is 2.67. The van der Waals surface area contributed by atoms with Crippen molar-refractivity contribution < 1.29 is 9.47 Å². The second-order valence-electron chi connectivity index (χ2n) is 5.86. The number of guanidine groups is 1. The molecule has 0 aliphatic carbocycles. The van der Waals surface area contributed by atoms with Gasteiger partial charge in [0.2, 0.25) is 0 Å². The molecule has 2 rings (SSSR count). The van der Waals surface area contributed by atoms with Gasteiger partial charge in [0.1, 0.15) is 11.5 Å². The third-order valence-electron chi connectivity index (χ3n) is 3.98. The van der Waals surface area contributed by atoms with Gasteiger partial charge in [-0.2, -0.15) is 0 Å². The number of benzene rings is 2. The van der Waals surface area contributed by atoms with Gasteiger partial charge in [0, 0.05) is 20.1 Å². The van der Waals surface area contributed by atoms with Crippen molar-refractivity contribution in [2.24, 2.45) is 4.99 Å². The molecule has 0 radical (unpaired) electrons. The normalized spacial score (nSPS) is 10.7. The average molecular weight is 483 g/mol. The Morgan fingerprint density at radius 2 is 1.63 bits per heavy atom. The molecule has 0 amide bonds. The van der Waals surface area contributed by atoms with Gasteiger partial charge in [0.15, 0.2) is 5.96 Å². The van der Waals surface area contributed by atoms with Gasteiger partial charge in [0.25, 0.3) is 0 Å². The summed E-state index contributed by atoms with van der Waals surface area (Å²) >= 11 is 0. The third kappa shape index (κ3) is 8.99. The minimum absolute atomic E-state index is 0. The van der Waals surface area contributed by atoms with Crippen molar-refractivity contribution in [3.63, 3.8) is 0 Å². The number of para-hydroxylation sites is 2. The minimum Gasteiger partial charge on any atom is -0.496 e. The lowest BCUT2D eigenvalue weighted by molar-refractivity contribution is 0.307. The fourth-order valence-corrected chi connectivity index (χ4v) is 2.59. The van der Waals surface area contributed by atoms with Crippen LogP contribution in [0.5, 0.6) is 11.5 Å². The van der Waals surface area contributed by atoms with Gasteiger partial charge in [-0.3, -0.25) is 4.99 Å². The van der Waals surface area contributed by atoms with Crippen molar-refractivity contribution in [2.45, 2.75) is 19.3 Å². The molecule has 2 aromatic rings. The molecule has 0 fully saturated rings. The molecule has 5 nitrogen and oxygen atoms in total. The lowest BCUT2D eigenvalue weighted by Gasteiger charge is -2.13. The Bertz CT molecular complexity index is 665. The molecule has 6 heteroatoms. The lowest BCUT2D eigenvalue weighted by Crippen LogP contribution is -2.38. The molecule has 0 aromatic heterocycles. The summed E-state index contributed by atoms with van der Waals surface area (Å²) in [6, 6.07) is 18.0. The minimum atomic E-state index is 0. The van der Waals surface area contributed by atoms with Crippen LogP contribution in [0.25, 0.3) is 0 Å². The van der Waals surface area contributed by atoms with Crippen molar-refractivity contribution >= 4 is 29.9 Å². The van der Waals surface area contributed by atoms with Gasteiger partial charge < -0.3 is 20.1 Å². The first-order valence-corrected chi connectivity index (χ1v) is 9.07. The maximum absolute atomic E-state index is 5.69. The summed E-state index contributed by atoms with van der Waals surface area (Å²) in [5.41, 5.74) is 1.19. The molecular formula is C21H30IN3O2. The van der Waals surface area contributed by atoms with Gasteiger partial charge in [-0.05, 0) is 43.0 Å². The zero-order valence-corrected chi connectivity index (χ0v) is 18.4. The third-order valence-corrected chi connectivity index (χ3v) is 3.98. The Morgan fingerprint density at radius 1 is 0.926 bits per heavy atom. The molecule has 2 N–H and O–H groups in total. The molecule has 0 spiro atoms. The van der Waals surface area contributed by atoms with Crippen molar-refractivity contribution in [3.05, 3.63) is 60.2 Å². The van der Waals surface area contributed by atoms with E-state index in [0.29, 0.717) is 0 Å². The number of aliphatic imine (C=N–C) groups is 1. The monoisotopic (exact) mass is 483 g/mol. The predicted octanol–water partition coefficient (Wildman–Crippen LogP) is 3.88. The van der Waals surface area contributed by atoms with Crippen LogP contribution in [-0.4, -0.2) is 39.8 Å². The van der Waals surface area contributed by atoms with Crippen molar-refractivity contribution in [1.29, 1.82) is 0 Å². The van der Waals surface area contributed by atoms with Crippen molar-refractivity contribution in [2.75, 3.05) is 33.9 Å². The Hall–Kier alpha value is -1.96. The number of ether oxygens (including phenoxy) is 2. The van der Waals surface area contributed by atoms with Crippen LogP contribution in [0.15, 0.2) is 59.6 Å². The van der Waals surface area contributed by atoms with E-state index in [-0.39, 0.29) is 24.0 Å². The largest absolute Gasteiger partial charge is 0.496 e. The second kappa shape index (κ2) is 14.1. The molecule has 2 aromatic carbocycles. The van der Waals surface area contributed by atoms with Gasteiger partial charge in [-0.15, -0.1) is 24.0 Å². The number of hydrogen-bond acceptors (Lipinski definition) is 3. The van der Waals surface area contributed by atoms with Crippen LogP contribution >= 0.6 is 24.0 Å². The van der Waals surface area contributed by atoms with Crippen molar-refractivity contribution in [1.82, 2.24) is 10.6 Å². The van der Waals surface area contributed by atoms with Crippen LogP contribution in [0, 0.1) is 0 Å². The highest BCUT2D eigenvalue weighted by Gasteiger charge is 2.02. The summed E-state index contributed by atoms with van der Waals surface area (Å²) in [6.07, 6.45) is 2.91. The van der Waals surface area contributed by atoms with Gasteiger partial charge >= 0.3 is 0 Å². The van der Waals surface area contributed by atoms with E-state index in [9.17, 15) is 0 Å². The number of unbranched alkanes of at least 4 members (excludes halogenated alkanes) is 1. The summed E-state index contributed by atoms with van der Waals surface area (Å²) in [4.78, 5) is 4.26. The summed E-state index contributed by atoms with van der Waals surface area (Å²) < 4.78 is 11.1. The zero-order chi connectivity index (χ0) is 18.5. The number of hydrogen-bond donors (Lipinski definition) is 2. The van der Waals surface area contributed by atoms with Gasteiger partial charge in [0.05, 0.1) is 13.7 Å². The lowest BCUT2D eigenvalue weighted by atomic mass is 10.1. The maximum Gasteiger partial charge on any atom is 0.190 e. The molecular weight excluding hydrogens is 453 g/mol. The highest BCUT2D eigenvalue weighted by atomic mass is 127. The fraction of sp³-hybridized carbons (Fsp3) is 0.381. The topological polar surface area (TPSA) is 54.9 Å². The molecule has 0 saturated carbocycles. The first kappa shape index (κ1) is 23.1. The second-order valence-corrected chi connectivity index (χ2v) is 5.86. The Morgan fingerprint density at radius 3 is 2.37 bits per heavy atom. The first-order chi connectivity index (χ1) is 12.8. The van der Waals surface area contributed by atoms with E-state index in [2.05, 4.69) is 21.7 Å². The number of halogens is 1. The van der Waals surface area contributed by atoms with Crippen molar-refractivity contribution in [3.8, 4) is 11.5 Å². The molecule has 148 valence electrons. The molecule has 0 bridgehead atoms. The van der Waals surface area contributed by atoms with Crippen LogP contribution in [0.1, 0.15) is 18.4 Å². The van der Waals surface area contributed by atoms with E-state index < -0.39 is 0 Å². The Labute approximate surface area is 179 Å². The number of methoxy groups -OCH3 is 1.